The van der Waals surface area contributed by atoms with E-state index in [1.54, 1.807) is 14.0 Å². The maximum Gasteiger partial charge on any atom is 0.330 e. The summed E-state index contributed by atoms with van der Waals surface area (Å²) in [5, 5.41) is 0. The largest absolute Gasteiger partial charge is 0.496 e. The highest BCUT2D eigenvalue weighted by atomic mass is 16.5. The highest BCUT2D eigenvalue weighted by Crippen LogP contribution is 2.48. The van der Waals surface area contributed by atoms with Crippen LogP contribution in [0.25, 0.3) is 5.57 Å². The third-order valence-corrected chi connectivity index (χ3v) is 5.94. The fourth-order valence-electron chi connectivity index (χ4n) is 3.92. The van der Waals surface area contributed by atoms with E-state index in [-0.39, 0.29) is 16.8 Å². The second kappa shape index (κ2) is 9.02. The molecule has 0 saturated carbocycles. The molecule has 0 amide bonds. The van der Waals surface area contributed by atoms with Crippen molar-refractivity contribution in [3.05, 3.63) is 58.7 Å². The molecule has 1 aromatic rings. The normalized spacial score (nSPS) is 18.5. The molecule has 29 heavy (non-hydrogen) atoms. The molecular weight excluding hydrogens is 360 g/mol. The molecule has 158 valence electrons. The van der Waals surface area contributed by atoms with Crippen LogP contribution < -0.4 is 4.74 Å². The van der Waals surface area contributed by atoms with Gasteiger partial charge in [-0.25, -0.2) is 4.79 Å². The Morgan fingerprint density at radius 2 is 1.66 bits per heavy atom. The smallest absolute Gasteiger partial charge is 0.330 e. The van der Waals surface area contributed by atoms with Gasteiger partial charge in [0, 0.05) is 11.6 Å². The van der Waals surface area contributed by atoms with Crippen LogP contribution in [0, 0.1) is 0 Å². The zero-order valence-corrected chi connectivity index (χ0v) is 19.3. The molecule has 1 aromatic carbocycles. The van der Waals surface area contributed by atoms with E-state index >= 15 is 0 Å². The number of rotatable bonds is 6. The predicted octanol–water partition coefficient (Wildman–Crippen LogP) is 6.51. The average molecular weight is 397 g/mol. The lowest BCUT2D eigenvalue weighted by Crippen LogP contribution is -2.34. The Bertz CT molecular complexity index is 851. The van der Waals surface area contributed by atoms with Crippen LogP contribution in [-0.4, -0.2) is 19.7 Å². The molecule has 1 aliphatic carbocycles. The summed E-state index contributed by atoms with van der Waals surface area (Å²) in [7, 11) is 1.74. The lowest BCUT2D eigenvalue weighted by molar-refractivity contribution is -0.137. The van der Waals surface area contributed by atoms with Crippen LogP contribution in [0.15, 0.2) is 42.0 Å². The molecule has 3 nitrogen and oxygen atoms in total. The highest BCUT2D eigenvalue weighted by Gasteiger charge is 2.37. The van der Waals surface area contributed by atoms with Gasteiger partial charge in [0.25, 0.3) is 0 Å². The van der Waals surface area contributed by atoms with E-state index < -0.39 is 0 Å². The van der Waals surface area contributed by atoms with Gasteiger partial charge in [-0.1, -0.05) is 45.9 Å². The summed E-state index contributed by atoms with van der Waals surface area (Å²) < 4.78 is 10.7. The van der Waals surface area contributed by atoms with Gasteiger partial charge in [0.2, 0.25) is 0 Å². The van der Waals surface area contributed by atoms with Gasteiger partial charge in [-0.15, -0.1) is 0 Å². The van der Waals surface area contributed by atoms with Crippen molar-refractivity contribution in [2.45, 2.75) is 72.1 Å². The van der Waals surface area contributed by atoms with E-state index in [1.807, 2.05) is 19.1 Å². The molecule has 1 aliphatic rings. The monoisotopic (exact) mass is 396 g/mol. The van der Waals surface area contributed by atoms with Gasteiger partial charge in [0.15, 0.2) is 0 Å². The van der Waals surface area contributed by atoms with Gasteiger partial charge in [-0.3, -0.25) is 0 Å². The minimum absolute atomic E-state index is 0.154. The zero-order valence-electron chi connectivity index (χ0n) is 19.3. The number of hydrogen-bond acceptors (Lipinski definition) is 3. The van der Waals surface area contributed by atoms with E-state index in [9.17, 15) is 4.79 Å². The second-order valence-corrected chi connectivity index (χ2v) is 9.22. The van der Waals surface area contributed by atoms with E-state index in [0.29, 0.717) is 6.61 Å². The molecule has 0 fully saturated rings. The van der Waals surface area contributed by atoms with Gasteiger partial charge >= 0.3 is 5.97 Å². The van der Waals surface area contributed by atoms with E-state index in [2.05, 4.69) is 52.8 Å². The summed E-state index contributed by atoms with van der Waals surface area (Å²) in [6.07, 6.45) is 9.81. The van der Waals surface area contributed by atoms with Gasteiger partial charge in [0.05, 0.1) is 13.7 Å². The van der Waals surface area contributed by atoms with Gasteiger partial charge in [-0.05, 0) is 78.8 Å². The summed E-state index contributed by atoms with van der Waals surface area (Å²) in [5.74, 6) is 0.604. The van der Waals surface area contributed by atoms with Crippen LogP contribution >= 0.6 is 0 Å². The van der Waals surface area contributed by atoms with E-state index in [4.69, 9.17) is 9.47 Å². The zero-order chi connectivity index (χ0) is 21.8. The standard InChI is InChI=1S/C26H36O3/c1-9-29-24(27)15-18(2)11-10-12-19(3)20-16-21-22(17-23(20)28-8)26(6,7)14-13-25(21,4)5/h10-12,15-17H,9,13-14H2,1-8H3/b11-10+,18-15+,19-12-. The Morgan fingerprint density at radius 3 is 2.21 bits per heavy atom. The van der Waals surface area contributed by atoms with Crippen molar-refractivity contribution in [3.63, 3.8) is 0 Å². The summed E-state index contributed by atoms with van der Waals surface area (Å²) in [4.78, 5) is 11.5. The molecule has 0 heterocycles. The molecule has 0 radical (unpaired) electrons. The van der Waals surface area contributed by atoms with Crippen molar-refractivity contribution in [1.29, 1.82) is 0 Å². The highest BCUT2D eigenvalue weighted by molar-refractivity contribution is 5.83. The van der Waals surface area contributed by atoms with Crippen LogP contribution in [0.2, 0.25) is 0 Å². The Morgan fingerprint density at radius 1 is 1.07 bits per heavy atom. The number of allylic oxidation sites excluding steroid dienone is 5. The van der Waals surface area contributed by atoms with Crippen molar-refractivity contribution >= 4 is 11.5 Å². The van der Waals surface area contributed by atoms with Crippen molar-refractivity contribution in [2.24, 2.45) is 0 Å². The summed E-state index contributed by atoms with van der Waals surface area (Å²) in [6.45, 7) is 15.5. The van der Waals surface area contributed by atoms with Crippen molar-refractivity contribution in [3.8, 4) is 5.75 Å². The summed E-state index contributed by atoms with van der Waals surface area (Å²) >= 11 is 0. The van der Waals surface area contributed by atoms with Crippen LogP contribution in [0.1, 0.15) is 78.0 Å². The molecule has 0 unspecified atom stereocenters. The predicted molar refractivity (Wildman–Crippen MR) is 121 cm³/mol. The molecule has 0 aliphatic heterocycles. The molecule has 3 heteroatoms. The number of fused-ring (bicyclic) bond motifs is 1. The summed E-state index contributed by atoms with van der Waals surface area (Å²) in [5.41, 5.74) is 6.22. The molecular formula is C26H36O3. The number of esters is 1. The van der Waals surface area contributed by atoms with Crippen molar-refractivity contribution in [1.82, 2.24) is 0 Å². The van der Waals surface area contributed by atoms with Crippen LogP contribution in [0.3, 0.4) is 0 Å². The number of benzene rings is 1. The van der Waals surface area contributed by atoms with Crippen LogP contribution in [0.4, 0.5) is 0 Å². The van der Waals surface area contributed by atoms with Crippen molar-refractivity contribution in [2.75, 3.05) is 13.7 Å². The Labute approximate surface area is 176 Å². The van der Waals surface area contributed by atoms with Crippen LogP contribution in [-0.2, 0) is 20.4 Å². The first-order valence-electron chi connectivity index (χ1n) is 10.4. The van der Waals surface area contributed by atoms with E-state index in [0.717, 1.165) is 22.5 Å². The van der Waals surface area contributed by atoms with Gasteiger partial charge in [0.1, 0.15) is 5.75 Å². The number of carbonyl (C=O) groups excluding carboxylic acids is 1. The molecule has 0 bridgehead atoms. The fraction of sp³-hybridized carbons (Fsp3) is 0.500. The lowest BCUT2D eigenvalue weighted by atomic mass is 9.62. The first-order chi connectivity index (χ1) is 13.5. The SMILES string of the molecule is CCOC(=O)/C=C(C)/C=C/C=C(/C)c1cc2c(cc1OC)C(C)(C)CCC2(C)C. The Balaban J connectivity index is 2.40. The molecule has 2 rings (SSSR count). The third-order valence-electron chi connectivity index (χ3n) is 5.94. The minimum atomic E-state index is -0.309. The molecule has 0 N–H and O–H groups in total. The number of ether oxygens (including phenoxy) is 2. The first kappa shape index (κ1) is 23.0. The quantitative estimate of drug-likeness (QED) is 0.312. The number of methoxy groups -OCH3 is 1. The number of carbonyl (C=O) groups is 1. The van der Waals surface area contributed by atoms with Gasteiger partial charge in [-0.2, -0.15) is 0 Å². The maximum absolute atomic E-state index is 11.5. The molecule has 0 atom stereocenters. The number of hydrogen-bond donors (Lipinski definition) is 0. The summed E-state index contributed by atoms with van der Waals surface area (Å²) in [6, 6.07) is 4.55. The topological polar surface area (TPSA) is 35.5 Å². The van der Waals surface area contributed by atoms with E-state index in [1.165, 1.54) is 30.0 Å². The molecule has 0 aromatic heterocycles. The first-order valence-corrected chi connectivity index (χ1v) is 10.4. The third kappa shape index (κ3) is 5.41. The Kier molecular flexibility index (Phi) is 7.15. The molecule has 0 spiro atoms. The van der Waals surface area contributed by atoms with Gasteiger partial charge < -0.3 is 9.47 Å². The fourth-order valence-corrected chi connectivity index (χ4v) is 3.92. The maximum atomic E-state index is 11.5. The minimum Gasteiger partial charge on any atom is -0.496 e. The van der Waals surface area contributed by atoms with Crippen molar-refractivity contribution < 1.29 is 14.3 Å². The van der Waals surface area contributed by atoms with Crippen LogP contribution in [0.5, 0.6) is 5.75 Å². The Hall–Kier alpha value is -2.29. The lowest BCUT2D eigenvalue weighted by Gasteiger charge is -2.42. The molecule has 0 saturated heterocycles. The average Bonchev–Trinajstić information content (AvgIpc) is 2.64. The second-order valence-electron chi connectivity index (χ2n) is 9.22.